The lowest BCUT2D eigenvalue weighted by atomic mass is 9.93. The van der Waals surface area contributed by atoms with Crippen molar-refractivity contribution in [2.24, 2.45) is 7.05 Å². The molecule has 0 bridgehead atoms. The molecule has 0 aliphatic heterocycles. The molecule has 0 unspecified atom stereocenters. The number of furan rings is 1. The third-order valence-electron chi connectivity index (χ3n) is 6.86. The van der Waals surface area contributed by atoms with Crippen molar-refractivity contribution in [3.8, 4) is 22.4 Å². The minimum atomic E-state index is -2.23. The summed E-state index contributed by atoms with van der Waals surface area (Å²) in [5.41, 5.74) is 7.95. The maximum Gasteiger partial charge on any atom is 0.213 e. The molecule has 33 heavy (non-hydrogen) atoms. The second-order valence-corrected chi connectivity index (χ2v) is 8.78. The van der Waals surface area contributed by atoms with Crippen LogP contribution in [0.25, 0.3) is 55.1 Å². The highest BCUT2D eigenvalue weighted by Gasteiger charge is 2.22. The molecular formula is C31H26NO+. The van der Waals surface area contributed by atoms with Crippen LogP contribution in [0.2, 0.25) is 0 Å². The third kappa shape index (κ3) is 2.98. The summed E-state index contributed by atoms with van der Waals surface area (Å²) in [4.78, 5) is 0. The second-order valence-electron chi connectivity index (χ2n) is 8.78. The Kier molecular flexibility index (Phi) is 3.70. The Labute approximate surface area is 197 Å². The van der Waals surface area contributed by atoms with Crippen LogP contribution in [0.3, 0.4) is 0 Å². The molecule has 0 atom stereocenters. The van der Waals surface area contributed by atoms with E-state index in [1.54, 1.807) is 6.20 Å². The third-order valence-corrected chi connectivity index (χ3v) is 6.86. The largest absolute Gasteiger partial charge is 0.455 e. The van der Waals surface area contributed by atoms with Crippen molar-refractivity contribution in [1.82, 2.24) is 0 Å². The van der Waals surface area contributed by atoms with Crippen LogP contribution >= 0.6 is 0 Å². The lowest BCUT2D eigenvalue weighted by Gasteiger charge is -2.12. The van der Waals surface area contributed by atoms with Crippen LogP contribution in [0.5, 0.6) is 0 Å². The summed E-state index contributed by atoms with van der Waals surface area (Å²) < 4.78 is 32.9. The fourth-order valence-corrected chi connectivity index (χ4v) is 5.00. The Bertz CT molecular complexity index is 1800. The molecule has 0 spiro atoms. The minimum absolute atomic E-state index is 0.339. The van der Waals surface area contributed by atoms with Gasteiger partial charge >= 0.3 is 0 Å². The van der Waals surface area contributed by atoms with Gasteiger partial charge in [-0.25, -0.2) is 4.57 Å². The molecule has 2 heteroatoms. The number of hydrogen-bond acceptors (Lipinski definition) is 1. The molecule has 0 aliphatic carbocycles. The van der Waals surface area contributed by atoms with Crippen molar-refractivity contribution in [2.75, 3.05) is 0 Å². The van der Waals surface area contributed by atoms with E-state index in [-0.39, 0.29) is 0 Å². The van der Waals surface area contributed by atoms with Crippen molar-refractivity contribution >= 4 is 32.7 Å². The van der Waals surface area contributed by atoms with Gasteiger partial charge in [0.15, 0.2) is 6.20 Å². The summed E-state index contributed by atoms with van der Waals surface area (Å²) >= 11 is 0. The highest BCUT2D eigenvalue weighted by molar-refractivity contribution is 6.16. The van der Waals surface area contributed by atoms with E-state index in [2.05, 4.69) is 44.2 Å². The van der Waals surface area contributed by atoms with E-state index in [4.69, 9.17) is 8.53 Å². The topological polar surface area (TPSA) is 17.0 Å². The van der Waals surface area contributed by atoms with Gasteiger partial charge in [0.05, 0.1) is 5.56 Å². The zero-order valence-electron chi connectivity index (χ0n) is 21.9. The number of aromatic nitrogens is 1. The van der Waals surface area contributed by atoms with E-state index in [0.29, 0.717) is 5.56 Å². The van der Waals surface area contributed by atoms with E-state index >= 15 is 0 Å². The van der Waals surface area contributed by atoms with E-state index < -0.39 is 6.85 Å². The molecule has 0 fully saturated rings. The van der Waals surface area contributed by atoms with Crippen molar-refractivity contribution in [3.05, 3.63) is 102 Å². The molecule has 0 radical (unpaired) electrons. The molecule has 4 aromatic carbocycles. The summed E-state index contributed by atoms with van der Waals surface area (Å²) in [7, 11) is 1.91. The average Bonchev–Trinajstić information content (AvgIpc) is 3.25. The van der Waals surface area contributed by atoms with Gasteiger partial charge in [-0.1, -0.05) is 60.7 Å². The Hall–Kier alpha value is -3.91. The molecule has 160 valence electrons. The molecule has 6 rings (SSSR count). The van der Waals surface area contributed by atoms with Gasteiger partial charge in [0.1, 0.15) is 18.2 Å². The predicted molar refractivity (Wildman–Crippen MR) is 137 cm³/mol. The molecule has 0 saturated carbocycles. The molecular weight excluding hydrogens is 402 g/mol. The molecule has 2 aromatic heterocycles. The predicted octanol–water partition coefficient (Wildman–Crippen LogP) is 7.82. The van der Waals surface area contributed by atoms with Crippen molar-refractivity contribution in [1.29, 1.82) is 0 Å². The van der Waals surface area contributed by atoms with E-state index in [1.807, 2.05) is 60.1 Å². The normalized spacial score (nSPS) is 13.4. The van der Waals surface area contributed by atoms with Gasteiger partial charge in [-0.05, 0) is 60.5 Å². The van der Waals surface area contributed by atoms with Gasteiger partial charge in [-0.2, -0.15) is 0 Å². The highest BCUT2D eigenvalue weighted by atomic mass is 16.3. The van der Waals surface area contributed by atoms with Crippen LogP contribution in [0.15, 0.2) is 89.5 Å². The Morgan fingerprint density at radius 1 is 0.788 bits per heavy atom. The SMILES string of the molecule is [2H]C([2H])([2H])c1c[n+](C)c(-c2cc3oc4c5ccccc5ccc4c3c(C)c2C)cc1-c1ccccc1. The van der Waals surface area contributed by atoms with E-state index in [1.165, 1.54) is 0 Å². The van der Waals surface area contributed by atoms with Crippen molar-refractivity contribution in [3.63, 3.8) is 0 Å². The first-order chi connectivity index (χ1) is 17.2. The molecule has 0 aliphatic rings. The quantitative estimate of drug-likeness (QED) is 0.255. The second kappa shape index (κ2) is 7.31. The van der Waals surface area contributed by atoms with E-state index in [0.717, 1.165) is 66.2 Å². The Morgan fingerprint density at radius 3 is 2.39 bits per heavy atom. The van der Waals surface area contributed by atoms with Crippen LogP contribution in [0.1, 0.15) is 20.8 Å². The monoisotopic (exact) mass is 431 g/mol. The average molecular weight is 432 g/mol. The molecule has 0 saturated heterocycles. The van der Waals surface area contributed by atoms with Gasteiger partial charge in [0.2, 0.25) is 5.69 Å². The number of pyridine rings is 1. The molecule has 0 amide bonds. The van der Waals surface area contributed by atoms with Gasteiger partial charge in [-0.15, -0.1) is 0 Å². The zero-order valence-corrected chi connectivity index (χ0v) is 18.9. The van der Waals surface area contributed by atoms with Crippen molar-refractivity contribution in [2.45, 2.75) is 20.7 Å². The van der Waals surface area contributed by atoms with Crippen LogP contribution in [-0.2, 0) is 7.05 Å². The minimum Gasteiger partial charge on any atom is -0.455 e. The standard InChI is InChI=1S/C31H26NO/c1-19-18-32(4)28(16-26(19)22-10-6-5-7-11-22)27-17-29-30(21(3)20(27)2)25-15-14-23-12-8-9-13-24(23)31(25)33-29/h5-18H,1-4H3/q+1/i1D3. The lowest BCUT2D eigenvalue weighted by Crippen LogP contribution is -2.31. The first kappa shape index (κ1) is 16.7. The van der Waals surface area contributed by atoms with Crippen LogP contribution in [-0.4, -0.2) is 0 Å². The molecule has 6 aromatic rings. The first-order valence-corrected chi connectivity index (χ1v) is 11.2. The fourth-order valence-electron chi connectivity index (χ4n) is 5.00. The first-order valence-electron chi connectivity index (χ1n) is 12.7. The molecule has 0 N–H and O–H groups in total. The summed E-state index contributed by atoms with van der Waals surface area (Å²) in [5, 5.41) is 4.49. The maximum atomic E-state index is 8.15. The smallest absolute Gasteiger partial charge is 0.213 e. The number of benzene rings is 4. The van der Waals surface area contributed by atoms with Crippen LogP contribution in [0.4, 0.5) is 0 Å². The summed E-state index contributed by atoms with van der Waals surface area (Å²) in [6.07, 6.45) is 1.75. The van der Waals surface area contributed by atoms with Crippen molar-refractivity contribution < 1.29 is 13.1 Å². The molecule has 2 heterocycles. The summed E-state index contributed by atoms with van der Waals surface area (Å²) in [6.45, 7) is 2.04. The Balaban J connectivity index is 1.65. The fraction of sp³-hybridized carbons (Fsp3) is 0.129. The van der Waals surface area contributed by atoms with Crippen LogP contribution < -0.4 is 4.57 Å². The number of aryl methyl sites for hydroxylation is 3. The van der Waals surface area contributed by atoms with E-state index in [9.17, 15) is 0 Å². The number of hydrogen-bond donors (Lipinski definition) is 0. The number of fused-ring (bicyclic) bond motifs is 5. The number of nitrogens with zero attached hydrogens (tertiary/aromatic N) is 1. The number of rotatable bonds is 2. The van der Waals surface area contributed by atoms with Crippen LogP contribution in [0, 0.1) is 20.7 Å². The van der Waals surface area contributed by atoms with Gasteiger partial charge in [0, 0.05) is 31.9 Å². The van der Waals surface area contributed by atoms with Gasteiger partial charge in [0.25, 0.3) is 0 Å². The lowest BCUT2D eigenvalue weighted by molar-refractivity contribution is -0.660. The van der Waals surface area contributed by atoms with Gasteiger partial charge < -0.3 is 4.42 Å². The molecule has 2 nitrogen and oxygen atoms in total. The zero-order chi connectivity index (χ0) is 25.2. The maximum absolute atomic E-state index is 8.15. The summed E-state index contributed by atoms with van der Waals surface area (Å²) in [6, 6.07) is 26.4. The highest BCUT2D eigenvalue weighted by Crippen LogP contribution is 2.40. The summed E-state index contributed by atoms with van der Waals surface area (Å²) in [5.74, 6) is 0. The van der Waals surface area contributed by atoms with Gasteiger partial charge in [-0.3, -0.25) is 0 Å². The Morgan fingerprint density at radius 2 is 1.58 bits per heavy atom.